The number of aliphatic hydroxyl groups is 1. The molecular weight excluding hydrogens is 342 g/mol. The van der Waals surface area contributed by atoms with Gasteiger partial charge in [-0.1, -0.05) is 11.6 Å². The molecule has 3 N–H and O–H groups in total. The van der Waals surface area contributed by atoms with Crippen LogP contribution in [-0.4, -0.2) is 26.9 Å². The molecule has 1 aliphatic rings. The van der Waals surface area contributed by atoms with Crippen molar-refractivity contribution in [3.05, 3.63) is 56.6 Å². The molecule has 0 aliphatic carbocycles. The first kappa shape index (κ1) is 17.0. The Bertz CT molecular complexity index is 960. The molecule has 25 heavy (non-hydrogen) atoms. The van der Waals surface area contributed by atoms with Crippen molar-refractivity contribution >= 4 is 29.2 Å². The molecule has 0 spiro atoms. The maximum absolute atomic E-state index is 12.3. The van der Waals surface area contributed by atoms with Crippen LogP contribution in [0.5, 0.6) is 0 Å². The summed E-state index contributed by atoms with van der Waals surface area (Å²) in [5, 5.41) is 25.8. The average molecular weight is 358 g/mol. The maximum atomic E-state index is 12.3. The summed E-state index contributed by atoms with van der Waals surface area (Å²) in [7, 11) is 1.54. The minimum atomic E-state index is -0.939. The van der Waals surface area contributed by atoms with Crippen LogP contribution in [0, 0.1) is 11.3 Å². The van der Waals surface area contributed by atoms with E-state index in [1.165, 1.54) is 17.8 Å². The summed E-state index contributed by atoms with van der Waals surface area (Å²) in [6.45, 7) is 1.83. The summed E-state index contributed by atoms with van der Waals surface area (Å²) in [5.74, 6) is 0.544. The van der Waals surface area contributed by atoms with Crippen LogP contribution >= 0.6 is 11.6 Å². The van der Waals surface area contributed by atoms with Gasteiger partial charge in [0, 0.05) is 30.4 Å². The van der Waals surface area contributed by atoms with E-state index in [9.17, 15) is 9.90 Å². The Morgan fingerprint density at radius 2 is 2.28 bits per heavy atom. The van der Waals surface area contributed by atoms with Crippen LogP contribution in [0.4, 0.5) is 11.5 Å². The second-order valence-electron chi connectivity index (χ2n) is 5.76. The number of anilines is 2. The van der Waals surface area contributed by atoms with Crippen molar-refractivity contribution in [3.8, 4) is 6.07 Å². The van der Waals surface area contributed by atoms with Crippen LogP contribution < -0.4 is 16.2 Å². The third kappa shape index (κ3) is 3.22. The fourth-order valence-electron chi connectivity index (χ4n) is 2.69. The van der Waals surface area contributed by atoms with Crippen molar-refractivity contribution in [2.45, 2.75) is 19.2 Å². The molecule has 128 valence electrons. The van der Waals surface area contributed by atoms with Crippen LogP contribution in [0.1, 0.15) is 18.2 Å². The highest BCUT2D eigenvalue weighted by Gasteiger charge is 2.24. The van der Waals surface area contributed by atoms with E-state index in [0.29, 0.717) is 22.1 Å². The number of aliphatic hydroxyl groups excluding tert-OH is 1. The molecule has 0 radical (unpaired) electrons. The van der Waals surface area contributed by atoms with Crippen molar-refractivity contribution < 1.29 is 5.11 Å². The van der Waals surface area contributed by atoms with Crippen LogP contribution in [0.25, 0.3) is 6.08 Å². The fraction of sp³-hybridized carbons (Fsp3) is 0.235. The number of hydrogen-bond donors (Lipinski definition) is 3. The summed E-state index contributed by atoms with van der Waals surface area (Å²) in [6.07, 6.45) is 2.35. The number of aromatic nitrogens is 2. The van der Waals surface area contributed by atoms with E-state index in [1.54, 1.807) is 24.3 Å². The van der Waals surface area contributed by atoms with Crippen molar-refractivity contribution in [2.75, 3.05) is 10.6 Å². The summed E-state index contributed by atoms with van der Waals surface area (Å²) in [5.41, 5.74) is 1.71. The lowest BCUT2D eigenvalue weighted by atomic mass is 10.00. The highest BCUT2D eigenvalue weighted by molar-refractivity contribution is 6.30. The number of pyridine rings is 2. The van der Waals surface area contributed by atoms with Crippen molar-refractivity contribution in [1.29, 1.82) is 5.26 Å². The summed E-state index contributed by atoms with van der Waals surface area (Å²) in [6, 6.07) is 6.50. The number of nitriles is 1. The second-order valence-corrected chi connectivity index (χ2v) is 6.19. The van der Waals surface area contributed by atoms with E-state index in [0.717, 1.165) is 5.56 Å². The molecule has 2 atom stereocenters. The molecule has 1 unspecified atom stereocenters. The van der Waals surface area contributed by atoms with Crippen molar-refractivity contribution in [2.24, 2.45) is 7.05 Å². The van der Waals surface area contributed by atoms with Gasteiger partial charge in [0.25, 0.3) is 5.56 Å². The predicted molar refractivity (Wildman–Crippen MR) is 96.3 cm³/mol. The highest BCUT2D eigenvalue weighted by atomic mass is 35.5. The smallest absolute Gasteiger partial charge is 0.274 e. The molecule has 0 bridgehead atoms. The van der Waals surface area contributed by atoms with Crippen LogP contribution in [0.15, 0.2) is 34.8 Å². The third-order valence-electron chi connectivity index (χ3n) is 4.09. The molecule has 3 heterocycles. The largest absolute Gasteiger partial charge is 0.374 e. The Balaban J connectivity index is 1.91. The van der Waals surface area contributed by atoms with Gasteiger partial charge in [0.05, 0.1) is 5.02 Å². The lowest BCUT2D eigenvalue weighted by Crippen LogP contribution is -2.35. The number of nitrogens with one attached hydrogen (secondary N) is 2. The topological polar surface area (TPSA) is 103 Å². The number of hydrogen-bond acceptors (Lipinski definition) is 6. The SMILES string of the molecule is C[C@H](Nc1ccc(C#N)n(C)c1=O)C1=Cc2cc(Cl)cnc2NC1O. The number of nitrogens with zero attached hydrogens (tertiary/aromatic N) is 3. The van der Waals surface area contributed by atoms with E-state index in [-0.39, 0.29) is 17.3 Å². The third-order valence-corrected chi connectivity index (χ3v) is 4.29. The van der Waals surface area contributed by atoms with E-state index < -0.39 is 6.23 Å². The van der Waals surface area contributed by atoms with Crippen LogP contribution in [0.3, 0.4) is 0 Å². The quantitative estimate of drug-likeness (QED) is 0.775. The summed E-state index contributed by atoms with van der Waals surface area (Å²) >= 11 is 5.97. The monoisotopic (exact) mass is 357 g/mol. The summed E-state index contributed by atoms with van der Waals surface area (Å²) < 4.78 is 1.28. The Morgan fingerprint density at radius 3 is 3.00 bits per heavy atom. The molecule has 0 amide bonds. The summed E-state index contributed by atoms with van der Waals surface area (Å²) in [4.78, 5) is 16.5. The fourth-order valence-corrected chi connectivity index (χ4v) is 2.86. The lowest BCUT2D eigenvalue weighted by Gasteiger charge is -2.28. The molecule has 2 aromatic rings. The molecular formula is C17H16ClN5O2. The zero-order valence-electron chi connectivity index (χ0n) is 13.6. The highest BCUT2D eigenvalue weighted by Crippen LogP contribution is 2.28. The van der Waals surface area contributed by atoms with Crippen molar-refractivity contribution in [3.63, 3.8) is 0 Å². The van der Waals surface area contributed by atoms with E-state index in [1.807, 2.05) is 13.0 Å². The molecule has 8 heteroatoms. The molecule has 7 nitrogen and oxygen atoms in total. The normalized spacial score (nSPS) is 16.9. The standard InChI is InChI=1S/C17H16ClN5O2/c1-9(21-14-4-3-12(7-19)23(2)17(14)25)13-6-10-5-11(18)8-20-15(10)22-16(13)24/h3-6,8-9,16,21,24H,1-2H3,(H,20,22)/t9-,16?/m0/s1. The number of rotatable bonds is 3. The van der Waals surface area contributed by atoms with Crippen molar-refractivity contribution in [1.82, 2.24) is 9.55 Å². The molecule has 3 rings (SSSR count). The minimum absolute atomic E-state index is 0.274. The van der Waals surface area contributed by atoms with Gasteiger partial charge < -0.3 is 20.3 Å². The maximum Gasteiger partial charge on any atom is 0.274 e. The Morgan fingerprint density at radius 1 is 1.52 bits per heavy atom. The zero-order valence-corrected chi connectivity index (χ0v) is 14.4. The van der Waals surface area contributed by atoms with Crippen LogP contribution in [0.2, 0.25) is 5.02 Å². The average Bonchev–Trinajstić information content (AvgIpc) is 2.59. The van der Waals surface area contributed by atoms with E-state index in [4.69, 9.17) is 16.9 Å². The van der Waals surface area contributed by atoms with Gasteiger partial charge in [-0.3, -0.25) is 4.79 Å². The minimum Gasteiger partial charge on any atom is -0.374 e. The van der Waals surface area contributed by atoms with Gasteiger partial charge in [0.1, 0.15) is 29.5 Å². The zero-order chi connectivity index (χ0) is 18.1. The Labute approximate surface area is 149 Å². The molecule has 0 fully saturated rings. The van der Waals surface area contributed by atoms with E-state index in [2.05, 4.69) is 15.6 Å². The molecule has 2 aromatic heterocycles. The number of fused-ring (bicyclic) bond motifs is 1. The molecule has 0 saturated heterocycles. The molecule has 1 aliphatic heterocycles. The first-order valence-corrected chi connectivity index (χ1v) is 7.97. The van der Waals surface area contributed by atoms with Gasteiger partial charge in [0.15, 0.2) is 0 Å². The second kappa shape index (κ2) is 6.59. The molecule has 0 saturated carbocycles. The predicted octanol–water partition coefficient (Wildman–Crippen LogP) is 1.93. The lowest BCUT2D eigenvalue weighted by molar-refractivity contribution is 0.234. The first-order valence-electron chi connectivity index (χ1n) is 7.59. The molecule has 0 aromatic carbocycles. The van der Waals surface area contributed by atoms with Gasteiger partial charge in [-0.2, -0.15) is 5.26 Å². The number of halogens is 1. The van der Waals surface area contributed by atoms with Gasteiger partial charge in [-0.15, -0.1) is 0 Å². The van der Waals surface area contributed by atoms with Crippen LogP contribution in [-0.2, 0) is 7.05 Å². The van der Waals surface area contributed by atoms with Gasteiger partial charge in [0.2, 0.25) is 0 Å². The van der Waals surface area contributed by atoms with Gasteiger partial charge in [-0.25, -0.2) is 4.98 Å². The van der Waals surface area contributed by atoms with Gasteiger partial charge in [-0.05, 0) is 31.2 Å². The first-order chi connectivity index (χ1) is 11.9. The van der Waals surface area contributed by atoms with Gasteiger partial charge >= 0.3 is 0 Å². The Hall–Kier alpha value is -2.82. The Kier molecular flexibility index (Phi) is 4.49. The van der Waals surface area contributed by atoms with E-state index >= 15 is 0 Å².